The van der Waals surface area contributed by atoms with Crippen LogP contribution in [0.4, 0.5) is 5.69 Å². The number of fused-ring (bicyclic) bond motifs is 2. The van der Waals surface area contributed by atoms with Crippen molar-refractivity contribution in [3.63, 3.8) is 0 Å². The summed E-state index contributed by atoms with van der Waals surface area (Å²) in [5, 5.41) is 15.1. The van der Waals surface area contributed by atoms with Crippen molar-refractivity contribution < 1.29 is 14.7 Å². The van der Waals surface area contributed by atoms with Crippen LogP contribution in [0.1, 0.15) is 28.0 Å². The molecule has 4 aromatic rings. The van der Waals surface area contributed by atoms with Gasteiger partial charge in [0.25, 0.3) is 5.91 Å². The summed E-state index contributed by atoms with van der Waals surface area (Å²) in [7, 11) is 1.59. The molecule has 0 unspecified atom stereocenters. The summed E-state index contributed by atoms with van der Waals surface area (Å²) >= 11 is 0. The number of carbonyl (C=O) groups excluding carboxylic acids is 2. The van der Waals surface area contributed by atoms with Crippen molar-refractivity contribution in [3.8, 4) is 17.1 Å². The van der Waals surface area contributed by atoms with Gasteiger partial charge >= 0.3 is 0 Å². The summed E-state index contributed by atoms with van der Waals surface area (Å²) in [4.78, 5) is 32.9. The molecule has 1 aliphatic heterocycles. The largest absolute Gasteiger partial charge is 0.390 e. The first-order valence-corrected chi connectivity index (χ1v) is 10.3. The van der Waals surface area contributed by atoms with Crippen LogP contribution in [-0.2, 0) is 17.8 Å². The molecule has 0 bridgehead atoms. The van der Waals surface area contributed by atoms with Crippen LogP contribution in [0.5, 0.6) is 0 Å². The van der Waals surface area contributed by atoms with Crippen molar-refractivity contribution in [2.75, 3.05) is 12.4 Å². The van der Waals surface area contributed by atoms with Crippen LogP contribution in [0.15, 0.2) is 54.7 Å². The van der Waals surface area contributed by atoms with Gasteiger partial charge in [-0.25, -0.2) is 4.98 Å². The van der Waals surface area contributed by atoms with Crippen LogP contribution in [-0.4, -0.2) is 38.5 Å². The van der Waals surface area contributed by atoms with E-state index in [0.717, 1.165) is 28.0 Å². The first-order chi connectivity index (χ1) is 15.6. The number of benzene rings is 2. The van der Waals surface area contributed by atoms with E-state index in [0.29, 0.717) is 35.4 Å². The predicted molar refractivity (Wildman–Crippen MR) is 121 cm³/mol. The van der Waals surface area contributed by atoms with E-state index in [1.165, 1.54) is 0 Å². The predicted octanol–water partition coefficient (Wildman–Crippen LogP) is 2.82. The quantitative estimate of drug-likeness (QED) is 0.464. The number of nitrogens with zero attached hydrogens (tertiary/aromatic N) is 3. The summed E-state index contributed by atoms with van der Waals surface area (Å²) in [5.41, 5.74) is 6.16. The third kappa shape index (κ3) is 3.40. The van der Waals surface area contributed by atoms with Crippen molar-refractivity contribution >= 4 is 28.5 Å². The number of aliphatic hydroxyl groups is 1. The first-order valence-electron chi connectivity index (χ1n) is 10.3. The van der Waals surface area contributed by atoms with E-state index in [4.69, 9.17) is 4.98 Å². The molecule has 1 aliphatic rings. The van der Waals surface area contributed by atoms with Gasteiger partial charge < -0.3 is 15.7 Å². The Kier molecular flexibility index (Phi) is 4.91. The van der Waals surface area contributed by atoms with Gasteiger partial charge in [-0.1, -0.05) is 0 Å². The molecule has 0 aliphatic carbocycles. The molecule has 0 saturated carbocycles. The zero-order chi connectivity index (χ0) is 22.2. The number of nitrogens with one attached hydrogen (secondary N) is 2. The lowest BCUT2D eigenvalue weighted by atomic mass is 10.0. The lowest BCUT2D eigenvalue weighted by Gasteiger charge is -2.19. The highest BCUT2D eigenvalue weighted by Crippen LogP contribution is 2.32. The van der Waals surface area contributed by atoms with E-state index < -0.39 is 0 Å². The maximum atomic E-state index is 12.1. The molecule has 3 N–H and O–H groups in total. The van der Waals surface area contributed by atoms with Gasteiger partial charge in [-0.2, -0.15) is 0 Å². The minimum atomic E-state index is -0.181. The summed E-state index contributed by atoms with van der Waals surface area (Å²) < 4.78 is 2.02. The number of amides is 2. The fraction of sp³-hybridized carbons (Fsp3) is 0.167. The summed E-state index contributed by atoms with van der Waals surface area (Å²) in [6.07, 6.45) is 2.76. The summed E-state index contributed by atoms with van der Waals surface area (Å²) in [6.45, 7) is -0.173. The highest BCUT2D eigenvalue weighted by molar-refractivity contribution is 5.98. The first kappa shape index (κ1) is 19.9. The van der Waals surface area contributed by atoms with E-state index in [1.807, 2.05) is 28.8 Å². The van der Waals surface area contributed by atoms with E-state index in [9.17, 15) is 14.7 Å². The molecule has 0 saturated heterocycles. The lowest BCUT2D eigenvalue weighted by Crippen LogP contribution is -2.19. The number of hydrogen-bond acceptors (Lipinski definition) is 5. The van der Waals surface area contributed by atoms with Crippen molar-refractivity contribution in [3.05, 3.63) is 71.5 Å². The standard InChI is InChI=1S/C24H21N5O3/c1-25-24(32)16-2-6-21-20(12-16)28-23(15-8-9-26-17(10-15)13-30)29(21)18-4-5-19-14(11-18)3-7-22(31)27-19/h2,4-6,8-12,30H,3,7,13H2,1H3,(H,25,32)(H,27,31). The fourth-order valence-corrected chi connectivity index (χ4v) is 4.03. The molecule has 0 atom stereocenters. The number of rotatable bonds is 4. The van der Waals surface area contributed by atoms with Crippen LogP contribution < -0.4 is 10.6 Å². The Morgan fingerprint density at radius 3 is 2.84 bits per heavy atom. The van der Waals surface area contributed by atoms with Crippen LogP contribution in [0.2, 0.25) is 0 Å². The summed E-state index contributed by atoms with van der Waals surface area (Å²) in [6, 6.07) is 15.0. The molecule has 2 amide bonds. The van der Waals surface area contributed by atoms with Gasteiger partial charge in [-0.05, 0) is 60.5 Å². The van der Waals surface area contributed by atoms with E-state index in [-0.39, 0.29) is 18.4 Å². The van der Waals surface area contributed by atoms with Crippen LogP contribution >= 0.6 is 0 Å². The number of hydrogen-bond donors (Lipinski definition) is 3. The molecule has 8 nitrogen and oxygen atoms in total. The number of anilines is 1. The molecule has 0 spiro atoms. The Hall–Kier alpha value is -4.04. The molecular weight excluding hydrogens is 406 g/mol. The van der Waals surface area contributed by atoms with Crippen LogP contribution in [0.25, 0.3) is 28.1 Å². The maximum absolute atomic E-state index is 12.1. The van der Waals surface area contributed by atoms with Gasteiger partial charge in [0.15, 0.2) is 0 Å². The van der Waals surface area contributed by atoms with Crippen molar-refractivity contribution in [1.29, 1.82) is 0 Å². The topological polar surface area (TPSA) is 109 Å². The third-order valence-corrected chi connectivity index (χ3v) is 5.62. The zero-order valence-electron chi connectivity index (χ0n) is 17.4. The monoisotopic (exact) mass is 427 g/mol. The molecular formula is C24H21N5O3. The number of aliphatic hydroxyl groups excluding tert-OH is 1. The maximum Gasteiger partial charge on any atom is 0.251 e. The second kappa shape index (κ2) is 7.90. The average Bonchev–Trinajstić information content (AvgIpc) is 3.22. The van der Waals surface area contributed by atoms with E-state index in [1.54, 1.807) is 31.4 Å². The van der Waals surface area contributed by atoms with Gasteiger partial charge in [0.2, 0.25) is 5.91 Å². The lowest BCUT2D eigenvalue weighted by molar-refractivity contribution is -0.116. The molecule has 0 fully saturated rings. The van der Waals surface area contributed by atoms with E-state index in [2.05, 4.69) is 21.7 Å². The second-order valence-electron chi connectivity index (χ2n) is 7.64. The van der Waals surface area contributed by atoms with Gasteiger partial charge in [-0.15, -0.1) is 0 Å². The van der Waals surface area contributed by atoms with Gasteiger partial charge in [-0.3, -0.25) is 19.1 Å². The zero-order valence-corrected chi connectivity index (χ0v) is 17.4. The van der Waals surface area contributed by atoms with Crippen LogP contribution in [0, 0.1) is 0 Å². The number of aryl methyl sites for hydroxylation is 1. The number of pyridine rings is 1. The summed E-state index contributed by atoms with van der Waals surface area (Å²) in [5.74, 6) is 0.513. The highest BCUT2D eigenvalue weighted by Gasteiger charge is 2.20. The van der Waals surface area contributed by atoms with Gasteiger partial charge in [0, 0.05) is 42.2 Å². The smallest absolute Gasteiger partial charge is 0.251 e. The number of carbonyl (C=O) groups is 2. The minimum absolute atomic E-state index is 0.0223. The Bertz CT molecular complexity index is 1380. The van der Waals surface area contributed by atoms with Gasteiger partial charge in [0.1, 0.15) is 5.82 Å². The number of aromatic nitrogens is 3. The van der Waals surface area contributed by atoms with Crippen molar-refractivity contribution in [1.82, 2.24) is 19.9 Å². The number of imidazole rings is 1. The molecule has 32 heavy (non-hydrogen) atoms. The molecule has 2 aromatic carbocycles. The third-order valence-electron chi connectivity index (χ3n) is 5.62. The highest BCUT2D eigenvalue weighted by atomic mass is 16.3. The van der Waals surface area contributed by atoms with E-state index >= 15 is 0 Å². The normalized spacial score (nSPS) is 13.0. The Labute approximate surface area is 183 Å². The van der Waals surface area contributed by atoms with Crippen LogP contribution in [0.3, 0.4) is 0 Å². The minimum Gasteiger partial charge on any atom is -0.390 e. The Morgan fingerprint density at radius 1 is 1.16 bits per heavy atom. The van der Waals surface area contributed by atoms with Crippen molar-refractivity contribution in [2.45, 2.75) is 19.4 Å². The molecule has 160 valence electrons. The average molecular weight is 427 g/mol. The van der Waals surface area contributed by atoms with Crippen molar-refractivity contribution in [2.24, 2.45) is 0 Å². The fourth-order valence-electron chi connectivity index (χ4n) is 4.03. The van der Waals surface area contributed by atoms with Gasteiger partial charge in [0.05, 0.1) is 23.3 Å². The second-order valence-corrected chi connectivity index (χ2v) is 7.64. The molecule has 0 radical (unpaired) electrons. The Balaban J connectivity index is 1.74. The molecule has 2 aromatic heterocycles. The Morgan fingerprint density at radius 2 is 2.03 bits per heavy atom. The SMILES string of the molecule is CNC(=O)c1ccc2c(c1)nc(-c1ccnc(CO)c1)n2-c1ccc2c(c1)CCC(=O)N2. The molecule has 8 heteroatoms. The molecule has 3 heterocycles. The molecule has 5 rings (SSSR count).